The highest BCUT2D eigenvalue weighted by Gasteiger charge is 2.18. The first-order chi connectivity index (χ1) is 21.3. The molecule has 2 aromatic heterocycles. The van der Waals surface area contributed by atoms with E-state index in [1.165, 1.54) is 69.4 Å². The van der Waals surface area contributed by atoms with Crippen LogP contribution >= 0.6 is 11.3 Å². The highest BCUT2D eigenvalue weighted by molar-refractivity contribution is 7.26. The maximum atomic E-state index is 5.25. The van der Waals surface area contributed by atoms with Crippen molar-refractivity contribution < 1.29 is 0 Å². The van der Waals surface area contributed by atoms with E-state index in [9.17, 15) is 0 Å². The summed E-state index contributed by atoms with van der Waals surface area (Å²) >= 11 is 1.86. The summed E-state index contributed by atoms with van der Waals surface area (Å²) in [7, 11) is 0. The van der Waals surface area contributed by atoms with Gasteiger partial charge in [-0.05, 0) is 55.9 Å². The smallest absolute Gasteiger partial charge is 0.0802 e. The number of para-hydroxylation sites is 1. The van der Waals surface area contributed by atoms with Gasteiger partial charge in [-0.2, -0.15) is 0 Å². The summed E-state index contributed by atoms with van der Waals surface area (Å²) in [6, 6.07) is 54.7. The van der Waals surface area contributed by atoms with Crippen molar-refractivity contribution >= 4 is 64.0 Å². The SMILES string of the molecule is c1ccc(-c2c3ccccc3c(-c3ccc(-c4nc5ccccc5c5sc6ccccc6c45)cc3)c3ccccc23)cc1. The van der Waals surface area contributed by atoms with Gasteiger partial charge in [0.2, 0.25) is 0 Å². The Morgan fingerprint density at radius 2 is 0.837 bits per heavy atom. The number of rotatable bonds is 3. The molecular formula is C41H25NS. The van der Waals surface area contributed by atoms with Crippen molar-refractivity contribution in [3.8, 4) is 33.5 Å². The molecular weight excluding hydrogens is 539 g/mol. The topological polar surface area (TPSA) is 12.9 Å². The standard InChI is InChI=1S/C41H25NS/c1-2-12-26(13-3-1)37-29-14-4-6-16-31(29)38(32-17-7-5-15-30(32)37)27-22-24-28(25-23-27)40-39-34-19-9-11-21-36(34)43-41(39)33-18-8-10-20-35(33)42-40/h1-25H. The maximum absolute atomic E-state index is 5.25. The minimum absolute atomic E-state index is 1.04. The fourth-order valence-corrected chi connectivity index (χ4v) is 8.01. The number of nitrogens with zero attached hydrogens (tertiary/aromatic N) is 1. The van der Waals surface area contributed by atoms with Crippen molar-refractivity contribution in [2.75, 3.05) is 0 Å². The van der Waals surface area contributed by atoms with Crippen molar-refractivity contribution in [1.29, 1.82) is 0 Å². The Labute approximate surface area is 253 Å². The van der Waals surface area contributed by atoms with Crippen LogP contribution in [-0.2, 0) is 0 Å². The largest absolute Gasteiger partial charge is 0.247 e. The lowest BCUT2D eigenvalue weighted by molar-refractivity contribution is 1.43. The van der Waals surface area contributed by atoms with Gasteiger partial charge in [-0.3, -0.25) is 0 Å². The molecule has 9 aromatic rings. The quantitative estimate of drug-likeness (QED) is 0.195. The van der Waals surface area contributed by atoms with Crippen molar-refractivity contribution in [3.05, 3.63) is 152 Å². The van der Waals surface area contributed by atoms with E-state index in [0.717, 1.165) is 16.8 Å². The Kier molecular flexibility index (Phi) is 5.44. The summed E-state index contributed by atoms with van der Waals surface area (Å²) in [5, 5.41) is 8.81. The fourth-order valence-electron chi connectivity index (χ4n) is 6.77. The molecule has 0 amide bonds. The number of pyridine rings is 1. The molecule has 43 heavy (non-hydrogen) atoms. The lowest BCUT2D eigenvalue weighted by atomic mass is 9.86. The van der Waals surface area contributed by atoms with Gasteiger partial charge in [-0.15, -0.1) is 11.3 Å². The summed E-state index contributed by atoms with van der Waals surface area (Å²) in [4.78, 5) is 5.25. The molecule has 9 rings (SSSR count). The Morgan fingerprint density at radius 1 is 0.372 bits per heavy atom. The van der Waals surface area contributed by atoms with E-state index in [1.54, 1.807) is 0 Å². The molecule has 2 heterocycles. The van der Waals surface area contributed by atoms with Gasteiger partial charge < -0.3 is 0 Å². The van der Waals surface area contributed by atoms with Crippen LogP contribution in [0.4, 0.5) is 0 Å². The molecule has 7 aromatic carbocycles. The summed E-state index contributed by atoms with van der Waals surface area (Å²) < 4.78 is 2.60. The number of hydrogen-bond donors (Lipinski definition) is 0. The van der Waals surface area contributed by atoms with E-state index >= 15 is 0 Å². The molecule has 0 aliphatic heterocycles. The first-order valence-electron chi connectivity index (χ1n) is 14.6. The monoisotopic (exact) mass is 563 g/mol. The van der Waals surface area contributed by atoms with Gasteiger partial charge >= 0.3 is 0 Å². The average molecular weight is 564 g/mol. The van der Waals surface area contributed by atoms with Crippen molar-refractivity contribution in [3.63, 3.8) is 0 Å². The summed E-state index contributed by atoms with van der Waals surface area (Å²) in [5.74, 6) is 0. The van der Waals surface area contributed by atoms with Gasteiger partial charge in [0.1, 0.15) is 0 Å². The van der Waals surface area contributed by atoms with Crippen LogP contribution in [0.2, 0.25) is 0 Å². The van der Waals surface area contributed by atoms with Gasteiger partial charge in [-0.1, -0.05) is 140 Å². The van der Waals surface area contributed by atoms with Gasteiger partial charge in [-0.25, -0.2) is 4.98 Å². The van der Waals surface area contributed by atoms with E-state index in [4.69, 9.17) is 4.98 Å². The zero-order chi connectivity index (χ0) is 28.3. The summed E-state index contributed by atoms with van der Waals surface area (Å²) in [6.45, 7) is 0. The second-order valence-corrected chi connectivity index (χ2v) is 12.1. The number of benzene rings is 7. The van der Waals surface area contributed by atoms with Crippen molar-refractivity contribution in [2.24, 2.45) is 0 Å². The van der Waals surface area contributed by atoms with Gasteiger partial charge in [0.25, 0.3) is 0 Å². The van der Waals surface area contributed by atoms with E-state index in [0.29, 0.717) is 0 Å². The van der Waals surface area contributed by atoms with E-state index < -0.39 is 0 Å². The van der Waals surface area contributed by atoms with Crippen LogP contribution in [0.15, 0.2) is 152 Å². The first kappa shape index (κ1) is 24.3. The minimum Gasteiger partial charge on any atom is -0.247 e. The molecule has 0 unspecified atom stereocenters. The minimum atomic E-state index is 1.04. The highest BCUT2D eigenvalue weighted by Crippen LogP contribution is 2.45. The molecule has 0 N–H and O–H groups in total. The number of thiophene rings is 1. The lowest BCUT2D eigenvalue weighted by Crippen LogP contribution is -1.91. The van der Waals surface area contributed by atoms with Crippen LogP contribution in [0.1, 0.15) is 0 Å². The lowest BCUT2D eigenvalue weighted by Gasteiger charge is -2.18. The van der Waals surface area contributed by atoms with Gasteiger partial charge in [0.05, 0.1) is 11.2 Å². The van der Waals surface area contributed by atoms with Crippen LogP contribution in [0.25, 0.3) is 86.1 Å². The van der Waals surface area contributed by atoms with E-state index in [1.807, 2.05) is 11.3 Å². The van der Waals surface area contributed by atoms with E-state index in [-0.39, 0.29) is 0 Å². The Bertz CT molecular complexity index is 2430. The second-order valence-electron chi connectivity index (χ2n) is 11.1. The highest BCUT2D eigenvalue weighted by atomic mass is 32.1. The Hall–Kier alpha value is -5.31. The van der Waals surface area contributed by atoms with Crippen LogP contribution in [0.3, 0.4) is 0 Å². The van der Waals surface area contributed by atoms with Crippen LogP contribution in [0.5, 0.6) is 0 Å². The maximum Gasteiger partial charge on any atom is 0.0802 e. The molecule has 0 saturated heterocycles. The molecule has 1 nitrogen and oxygen atoms in total. The molecule has 0 aliphatic carbocycles. The third-order valence-electron chi connectivity index (χ3n) is 8.65. The van der Waals surface area contributed by atoms with Gasteiger partial charge in [0, 0.05) is 31.1 Å². The molecule has 0 fully saturated rings. The molecule has 0 aliphatic rings. The van der Waals surface area contributed by atoms with E-state index in [2.05, 4.69) is 152 Å². The molecule has 2 heteroatoms. The predicted molar refractivity (Wildman–Crippen MR) is 186 cm³/mol. The molecule has 0 bridgehead atoms. The van der Waals surface area contributed by atoms with Crippen LogP contribution in [0, 0.1) is 0 Å². The molecule has 0 atom stereocenters. The third-order valence-corrected chi connectivity index (χ3v) is 9.86. The normalized spacial score (nSPS) is 11.7. The van der Waals surface area contributed by atoms with Gasteiger partial charge in [0.15, 0.2) is 0 Å². The van der Waals surface area contributed by atoms with Crippen LogP contribution in [-0.4, -0.2) is 4.98 Å². The first-order valence-corrected chi connectivity index (χ1v) is 15.5. The molecule has 0 saturated carbocycles. The number of hydrogen-bond acceptors (Lipinski definition) is 2. The summed E-state index contributed by atoms with van der Waals surface area (Å²) in [5.41, 5.74) is 8.24. The zero-order valence-corrected chi connectivity index (χ0v) is 24.1. The Balaban J connectivity index is 1.29. The molecule has 0 radical (unpaired) electrons. The second kappa shape index (κ2) is 9.62. The zero-order valence-electron chi connectivity index (χ0n) is 23.3. The van der Waals surface area contributed by atoms with Crippen molar-refractivity contribution in [2.45, 2.75) is 0 Å². The number of fused-ring (bicyclic) bond motifs is 7. The fraction of sp³-hybridized carbons (Fsp3) is 0. The predicted octanol–water partition coefficient (Wildman–Crippen LogP) is 11.9. The van der Waals surface area contributed by atoms with Crippen LogP contribution < -0.4 is 0 Å². The third kappa shape index (κ3) is 3.74. The molecule has 0 spiro atoms. The summed E-state index contributed by atoms with van der Waals surface area (Å²) in [6.07, 6.45) is 0. The number of aromatic nitrogens is 1. The Morgan fingerprint density at radius 3 is 1.47 bits per heavy atom. The van der Waals surface area contributed by atoms with Crippen molar-refractivity contribution in [1.82, 2.24) is 4.98 Å². The average Bonchev–Trinajstić information content (AvgIpc) is 3.47. The molecule has 200 valence electrons.